The van der Waals surface area contributed by atoms with E-state index in [0.717, 1.165) is 11.1 Å². The summed E-state index contributed by atoms with van der Waals surface area (Å²) >= 11 is 0. The van der Waals surface area contributed by atoms with Crippen molar-refractivity contribution in [2.75, 3.05) is 7.11 Å². The number of hydrogen-bond acceptors (Lipinski definition) is 4. The van der Waals surface area contributed by atoms with E-state index < -0.39 is 5.92 Å². The van der Waals surface area contributed by atoms with Crippen molar-refractivity contribution in [2.45, 2.75) is 25.8 Å². The van der Waals surface area contributed by atoms with Crippen molar-refractivity contribution in [3.8, 4) is 0 Å². The van der Waals surface area contributed by atoms with Gasteiger partial charge in [0.1, 0.15) is 0 Å². The van der Waals surface area contributed by atoms with Gasteiger partial charge in [-0.3, -0.25) is 14.6 Å². The van der Waals surface area contributed by atoms with Gasteiger partial charge in [0.2, 0.25) is 5.91 Å². The summed E-state index contributed by atoms with van der Waals surface area (Å²) in [7, 11) is 1.47. The molecule has 1 N–H and O–H groups in total. The fourth-order valence-electron chi connectivity index (χ4n) is 3.57. The first-order chi connectivity index (χ1) is 13.1. The largest absolute Gasteiger partial charge is 0.493 e. The van der Waals surface area contributed by atoms with E-state index in [0.29, 0.717) is 13.0 Å². The number of carbonyl (C=O) groups is 2. The number of hydrogen-bond donors (Lipinski definition) is 1. The molecule has 1 aliphatic carbocycles. The molecule has 0 radical (unpaired) electrons. The number of allylic oxidation sites excluding steroid dienone is 1. The summed E-state index contributed by atoms with van der Waals surface area (Å²) in [5, 5.41) is 2.97. The third-order valence-electron chi connectivity index (χ3n) is 5.15. The van der Waals surface area contributed by atoms with Crippen LogP contribution in [0.1, 0.15) is 30.4 Å². The summed E-state index contributed by atoms with van der Waals surface area (Å²) in [5.41, 5.74) is 1.99. The van der Waals surface area contributed by atoms with Crippen molar-refractivity contribution >= 4 is 11.7 Å². The number of ether oxygens (including phenoxy) is 1. The first kappa shape index (κ1) is 18.8. The van der Waals surface area contributed by atoms with Gasteiger partial charge < -0.3 is 10.1 Å². The lowest BCUT2D eigenvalue weighted by Gasteiger charge is -2.27. The van der Waals surface area contributed by atoms with E-state index >= 15 is 0 Å². The molecule has 5 heteroatoms. The van der Waals surface area contributed by atoms with Crippen molar-refractivity contribution in [1.29, 1.82) is 0 Å². The number of Topliss-reactive ketones (excluding diaryl/α,β-unsaturated/α-hetero) is 1. The Morgan fingerprint density at radius 3 is 2.67 bits per heavy atom. The topological polar surface area (TPSA) is 68.3 Å². The summed E-state index contributed by atoms with van der Waals surface area (Å²) in [6, 6.07) is 13.6. The van der Waals surface area contributed by atoms with Crippen molar-refractivity contribution in [3.05, 3.63) is 77.8 Å². The molecule has 1 heterocycles. The number of nitrogens with zero attached hydrogens (tertiary/aromatic N) is 1. The predicted octanol–water partition coefficient (Wildman–Crippen LogP) is 3.24. The highest BCUT2D eigenvalue weighted by atomic mass is 16.5. The average Bonchev–Trinajstić information content (AvgIpc) is 2.84. The molecule has 0 aliphatic heterocycles. The highest BCUT2D eigenvalue weighted by Crippen LogP contribution is 2.38. The molecule has 140 valence electrons. The summed E-state index contributed by atoms with van der Waals surface area (Å²) in [5.74, 6) is -0.456. The van der Waals surface area contributed by atoms with Crippen molar-refractivity contribution in [1.82, 2.24) is 10.3 Å². The molecule has 5 nitrogen and oxygen atoms in total. The quantitative estimate of drug-likeness (QED) is 0.884. The molecule has 3 atom stereocenters. The molecular formula is C22H24N2O3. The Kier molecular flexibility index (Phi) is 6.01. The highest BCUT2D eigenvalue weighted by Gasteiger charge is 2.36. The molecule has 0 bridgehead atoms. The van der Waals surface area contributed by atoms with E-state index in [1.54, 1.807) is 18.5 Å². The van der Waals surface area contributed by atoms with Crippen LogP contribution in [0.25, 0.3) is 0 Å². The van der Waals surface area contributed by atoms with Gasteiger partial charge in [0.05, 0.1) is 13.0 Å². The normalized spacial score (nSPS) is 22.5. The Morgan fingerprint density at radius 2 is 2.00 bits per heavy atom. The third kappa shape index (κ3) is 4.42. The molecule has 0 spiro atoms. The molecule has 0 unspecified atom stereocenters. The molecule has 1 aromatic heterocycles. The van der Waals surface area contributed by atoms with Crippen LogP contribution in [0.4, 0.5) is 0 Å². The fraction of sp³-hybridized carbons (Fsp3) is 0.318. The first-order valence-corrected chi connectivity index (χ1v) is 9.10. The highest BCUT2D eigenvalue weighted by molar-refractivity contribution is 5.96. The minimum absolute atomic E-state index is 0.0436. The SMILES string of the molecule is COC1=C[C@H](C(=O)NCc2cccnc2)[C@H](C)[C@@H](c2ccccc2)CC1=O. The van der Waals surface area contributed by atoms with Crippen LogP contribution in [0, 0.1) is 11.8 Å². The van der Waals surface area contributed by atoms with Gasteiger partial charge in [0.25, 0.3) is 0 Å². The van der Waals surface area contributed by atoms with Gasteiger partial charge >= 0.3 is 0 Å². The van der Waals surface area contributed by atoms with Crippen LogP contribution in [0.15, 0.2) is 66.7 Å². The number of pyridine rings is 1. The third-order valence-corrected chi connectivity index (χ3v) is 5.15. The predicted molar refractivity (Wildman–Crippen MR) is 103 cm³/mol. The van der Waals surface area contributed by atoms with Gasteiger partial charge in [0.15, 0.2) is 11.5 Å². The van der Waals surface area contributed by atoms with E-state index in [4.69, 9.17) is 4.74 Å². The monoisotopic (exact) mass is 364 g/mol. The van der Waals surface area contributed by atoms with Crippen LogP contribution >= 0.6 is 0 Å². The second-order valence-electron chi connectivity index (χ2n) is 6.84. The van der Waals surface area contributed by atoms with Crippen molar-refractivity contribution < 1.29 is 14.3 Å². The summed E-state index contributed by atoms with van der Waals surface area (Å²) in [6.07, 6.45) is 5.43. The number of nitrogens with one attached hydrogen (secondary N) is 1. The van der Waals surface area contributed by atoms with Crippen molar-refractivity contribution in [3.63, 3.8) is 0 Å². The molecule has 3 rings (SSSR count). The van der Waals surface area contributed by atoms with Crippen molar-refractivity contribution in [2.24, 2.45) is 11.8 Å². The zero-order valence-electron chi connectivity index (χ0n) is 15.6. The summed E-state index contributed by atoms with van der Waals surface area (Å²) in [4.78, 5) is 29.6. The molecule has 0 fully saturated rings. The molecular weight excluding hydrogens is 340 g/mol. The molecule has 0 saturated carbocycles. The molecule has 1 amide bonds. The minimum Gasteiger partial charge on any atom is -0.493 e. The van der Waals surface area contributed by atoms with Crippen LogP contribution in [-0.4, -0.2) is 23.8 Å². The summed E-state index contributed by atoms with van der Waals surface area (Å²) in [6.45, 7) is 2.42. The number of methoxy groups -OCH3 is 1. The van der Waals surface area contributed by atoms with Gasteiger partial charge in [-0.25, -0.2) is 0 Å². The molecule has 1 aliphatic rings. The molecule has 2 aromatic rings. The number of amides is 1. The zero-order chi connectivity index (χ0) is 19.2. The van der Waals surface area contributed by atoms with Crippen LogP contribution in [-0.2, 0) is 20.9 Å². The van der Waals surface area contributed by atoms with E-state index in [1.807, 2.05) is 49.4 Å². The smallest absolute Gasteiger partial charge is 0.227 e. The zero-order valence-corrected chi connectivity index (χ0v) is 15.6. The first-order valence-electron chi connectivity index (χ1n) is 9.10. The maximum absolute atomic E-state index is 12.9. The maximum atomic E-state index is 12.9. The lowest BCUT2D eigenvalue weighted by Crippen LogP contribution is -2.34. The van der Waals surface area contributed by atoms with Gasteiger partial charge in [-0.15, -0.1) is 0 Å². The maximum Gasteiger partial charge on any atom is 0.227 e. The van der Waals surface area contributed by atoms with Gasteiger partial charge in [-0.05, 0) is 35.1 Å². The van der Waals surface area contributed by atoms with E-state index in [-0.39, 0.29) is 29.3 Å². The van der Waals surface area contributed by atoms with E-state index in [2.05, 4.69) is 10.3 Å². The molecule has 27 heavy (non-hydrogen) atoms. The second-order valence-corrected chi connectivity index (χ2v) is 6.84. The Labute approximate surface area is 159 Å². The molecule has 1 aromatic carbocycles. The summed E-state index contributed by atoms with van der Waals surface area (Å²) < 4.78 is 5.28. The molecule has 0 saturated heterocycles. The Morgan fingerprint density at radius 1 is 1.22 bits per heavy atom. The Balaban J connectivity index is 1.84. The Bertz CT molecular complexity index is 818. The standard InChI is InChI=1S/C22H24N2O3/c1-15-18(17-8-4-3-5-9-17)11-20(25)21(27-2)12-19(15)22(26)24-14-16-7-6-10-23-13-16/h3-10,12-13,15,18-19H,11,14H2,1-2H3,(H,24,26)/t15-,18+,19+/m1/s1. The lowest BCUT2D eigenvalue weighted by molar-refractivity contribution is -0.125. The minimum atomic E-state index is -0.451. The number of benzene rings is 1. The Hall–Kier alpha value is -2.95. The van der Waals surface area contributed by atoms with E-state index in [9.17, 15) is 9.59 Å². The fourth-order valence-corrected chi connectivity index (χ4v) is 3.57. The lowest BCUT2D eigenvalue weighted by atomic mass is 9.78. The van der Waals surface area contributed by atoms with Crippen LogP contribution in [0.3, 0.4) is 0 Å². The van der Waals surface area contributed by atoms with Gasteiger partial charge in [0, 0.05) is 25.4 Å². The van der Waals surface area contributed by atoms with Crippen LogP contribution in [0.2, 0.25) is 0 Å². The number of ketones is 1. The number of rotatable bonds is 5. The number of aromatic nitrogens is 1. The van der Waals surface area contributed by atoms with Crippen LogP contribution < -0.4 is 5.32 Å². The van der Waals surface area contributed by atoms with E-state index in [1.165, 1.54) is 7.11 Å². The second kappa shape index (κ2) is 8.62. The van der Waals surface area contributed by atoms with Gasteiger partial charge in [-0.2, -0.15) is 0 Å². The van der Waals surface area contributed by atoms with Crippen LogP contribution in [0.5, 0.6) is 0 Å². The van der Waals surface area contributed by atoms with Gasteiger partial charge in [-0.1, -0.05) is 43.3 Å². The average molecular weight is 364 g/mol. The number of carbonyl (C=O) groups excluding carboxylic acids is 2.